The molecule has 2 N–H and O–H groups in total. The normalized spacial score (nSPS) is 10.4. The van der Waals surface area contributed by atoms with E-state index in [0.29, 0.717) is 26.6 Å². The van der Waals surface area contributed by atoms with Crippen LogP contribution in [0.1, 0.15) is 0 Å². The molecule has 0 fully saturated rings. The van der Waals surface area contributed by atoms with E-state index in [2.05, 4.69) is 25.6 Å². The summed E-state index contributed by atoms with van der Waals surface area (Å²) in [6.07, 6.45) is 2.59. The van der Waals surface area contributed by atoms with Gasteiger partial charge in [-0.3, -0.25) is 10.1 Å². The maximum Gasteiger partial charge on any atom is 0.353 e. The lowest BCUT2D eigenvalue weighted by Crippen LogP contribution is -2.06. The lowest BCUT2D eigenvalue weighted by molar-refractivity contribution is -0.383. The molecule has 132 valence electrons. The molecule has 0 aliphatic heterocycles. The molecular formula is C15H9Cl3N6O2. The Morgan fingerprint density at radius 2 is 1.54 bits per heavy atom. The van der Waals surface area contributed by atoms with Gasteiger partial charge in [-0.1, -0.05) is 34.8 Å². The van der Waals surface area contributed by atoms with Crippen LogP contribution >= 0.6 is 34.8 Å². The van der Waals surface area contributed by atoms with Gasteiger partial charge in [-0.15, -0.1) is 0 Å². The maximum atomic E-state index is 11.6. The van der Waals surface area contributed by atoms with E-state index in [1.165, 1.54) is 12.5 Å². The van der Waals surface area contributed by atoms with Gasteiger partial charge in [0, 0.05) is 21.9 Å². The van der Waals surface area contributed by atoms with Crippen LogP contribution in [0.4, 0.5) is 28.8 Å². The monoisotopic (exact) mass is 410 g/mol. The van der Waals surface area contributed by atoms with Crippen molar-refractivity contribution in [3.8, 4) is 0 Å². The first-order valence-corrected chi connectivity index (χ1v) is 8.17. The van der Waals surface area contributed by atoms with Crippen molar-refractivity contribution in [2.45, 2.75) is 0 Å². The number of benzene rings is 1. The minimum atomic E-state index is -0.604. The summed E-state index contributed by atoms with van der Waals surface area (Å²) in [5, 5.41) is 18.4. The Morgan fingerprint density at radius 1 is 0.885 bits per heavy atom. The number of pyridine rings is 1. The molecule has 0 aliphatic carbocycles. The summed E-state index contributed by atoms with van der Waals surface area (Å²) in [5.74, 6) is 0.281. The third kappa shape index (κ3) is 4.29. The van der Waals surface area contributed by atoms with Crippen molar-refractivity contribution >= 4 is 63.6 Å². The largest absolute Gasteiger partial charge is 0.353 e. The quantitative estimate of drug-likeness (QED) is 0.437. The Hall–Kier alpha value is -2.68. The minimum absolute atomic E-state index is 0.0280. The molecule has 0 amide bonds. The van der Waals surface area contributed by atoms with E-state index in [9.17, 15) is 10.1 Å². The molecule has 0 atom stereocenters. The van der Waals surface area contributed by atoms with Crippen LogP contribution < -0.4 is 10.6 Å². The van der Waals surface area contributed by atoms with Crippen molar-refractivity contribution in [1.82, 2.24) is 15.0 Å². The van der Waals surface area contributed by atoms with Gasteiger partial charge in [0.2, 0.25) is 11.6 Å². The molecule has 8 nitrogen and oxygen atoms in total. The molecule has 2 aromatic heterocycles. The number of nitrogens with one attached hydrogen (secondary N) is 2. The second kappa shape index (κ2) is 7.69. The van der Waals surface area contributed by atoms with E-state index in [1.54, 1.807) is 30.3 Å². The second-order valence-corrected chi connectivity index (χ2v) is 6.26. The molecule has 0 unspecified atom stereocenters. The number of aromatic nitrogens is 3. The zero-order valence-corrected chi connectivity index (χ0v) is 15.0. The van der Waals surface area contributed by atoms with Crippen LogP contribution in [0.5, 0.6) is 0 Å². The number of anilines is 4. The molecule has 0 bridgehead atoms. The summed E-state index contributed by atoms with van der Waals surface area (Å²) < 4.78 is 0. The van der Waals surface area contributed by atoms with Gasteiger partial charge in [-0.05, 0) is 30.3 Å². The van der Waals surface area contributed by atoms with Gasteiger partial charge in [0.15, 0.2) is 0 Å². The molecule has 3 aromatic rings. The number of hydrogen-bond acceptors (Lipinski definition) is 7. The molecule has 26 heavy (non-hydrogen) atoms. The summed E-state index contributed by atoms with van der Waals surface area (Å²) >= 11 is 17.7. The molecule has 1 aromatic carbocycles. The van der Waals surface area contributed by atoms with Crippen molar-refractivity contribution in [3.63, 3.8) is 0 Å². The Labute approximate surface area is 162 Å². The molecule has 0 aliphatic rings. The van der Waals surface area contributed by atoms with Gasteiger partial charge in [-0.25, -0.2) is 15.0 Å². The van der Waals surface area contributed by atoms with E-state index >= 15 is 0 Å². The summed E-state index contributed by atoms with van der Waals surface area (Å²) in [6, 6.07) is 7.83. The SMILES string of the molecule is O=[N+]([O-])c1c(Nc2cc(Cl)cc(Cl)c2)ncnc1Nc1ccc(Cl)cn1. The van der Waals surface area contributed by atoms with Crippen LogP contribution in [0, 0.1) is 10.1 Å². The predicted molar refractivity (Wildman–Crippen MR) is 101 cm³/mol. The number of nitrogens with zero attached hydrogens (tertiary/aromatic N) is 4. The first kappa shape index (κ1) is 18.1. The van der Waals surface area contributed by atoms with Crippen molar-refractivity contribution in [2.24, 2.45) is 0 Å². The van der Waals surface area contributed by atoms with Gasteiger partial charge < -0.3 is 10.6 Å². The Bertz CT molecular complexity index is 948. The van der Waals surface area contributed by atoms with Gasteiger partial charge in [0.25, 0.3) is 0 Å². The average Bonchev–Trinajstić information content (AvgIpc) is 2.56. The molecule has 11 heteroatoms. The van der Waals surface area contributed by atoms with Crippen LogP contribution in [0.3, 0.4) is 0 Å². The molecule has 0 spiro atoms. The highest BCUT2D eigenvalue weighted by Crippen LogP contribution is 2.34. The fourth-order valence-electron chi connectivity index (χ4n) is 2.07. The fourth-order valence-corrected chi connectivity index (χ4v) is 2.71. The molecule has 2 heterocycles. The van der Waals surface area contributed by atoms with E-state index in [4.69, 9.17) is 34.8 Å². The Morgan fingerprint density at radius 3 is 2.12 bits per heavy atom. The van der Waals surface area contributed by atoms with Crippen molar-refractivity contribution in [2.75, 3.05) is 10.6 Å². The molecule has 0 saturated heterocycles. The average molecular weight is 412 g/mol. The highest BCUT2D eigenvalue weighted by Gasteiger charge is 2.23. The van der Waals surface area contributed by atoms with Crippen LogP contribution in [-0.4, -0.2) is 19.9 Å². The first-order valence-electron chi connectivity index (χ1n) is 7.03. The second-order valence-electron chi connectivity index (χ2n) is 4.95. The van der Waals surface area contributed by atoms with Crippen molar-refractivity contribution < 1.29 is 4.92 Å². The molecular weight excluding hydrogens is 403 g/mol. The number of rotatable bonds is 5. The number of hydrogen-bond donors (Lipinski definition) is 2. The van der Waals surface area contributed by atoms with Crippen LogP contribution in [0.2, 0.25) is 15.1 Å². The highest BCUT2D eigenvalue weighted by atomic mass is 35.5. The fraction of sp³-hybridized carbons (Fsp3) is 0. The smallest absolute Gasteiger partial charge is 0.334 e. The number of nitro groups is 1. The summed E-state index contributed by atoms with van der Waals surface area (Å²) in [5.41, 5.74) is 0.0835. The van der Waals surface area contributed by atoms with E-state index in [1.807, 2.05) is 0 Å². The lowest BCUT2D eigenvalue weighted by Gasteiger charge is -2.10. The standard InChI is InChI=1S/C15H9Cl3N6O2/c16-8-1-2-12(19-6-8)23-15-13(24(25)26)14(20-7-21-15)22-11-4-9(17)3-10(18)5-11/h1-7H,(H2,19,20,21,22,23). The van der Waals surface area contributed by atoms with Gasteiger partial charge in [0.1, 0.15) is 12.1 Å². The van der Waals surface area contributed by atoms with Gasteiger partial charge in [0.05, 0.1) is 9.95 Å². The number of halogens is 3. The van der Waals surface area contributed by atoms with Crippen LogP contribution in [0.25, 0.3) is 0 Å². The summed E-state index contributed by atoms with van der Waals surface area (Å²) in [6.45, 7) is 0. The van der Waals surface area contributed by atoms with Crippen molar-refractivity contribution in [1.29, 1.82) is 0 Å². The summed E-state index contributed by atoms with van der Waals surface area (Å²) in [4.78, 5) is 22.9. The lowest BCUT2D eigenvalue weighted by atomic mass is 10.3. The van der Waals surface area contributed by atoms with E-state index in [0.717, 1.165) is 0 Å². The maximum absolute atomic E-state index is 11.6. The van der Waals surface area contributed by atoms with Crippen LogP contribution in [-0.2, 0) is 0 Å². The predicted octanol–water partition coefficient (Wildman–Crippen LogP) is 5.23. The van der Waals surface area contributed by atoms with Crippen LogP contribution in [0.15, 0.2) is 42.9 Å². The Balaban J connectivity index is 1.98. The molecule has 3 rings (SSSR count). The molecule has 0 radical (unpaired) electrons. The Kier molecular flexibility index (Phi) is 5.36. The van der Waals surface area contributed by atoms with Crippen molar-refractivity contribution in [3.05, 3.63) is 68.0 Å². The third-order valence-electron chi connectivity index (χ3n) is 3.10. The summed E-state index contributed by atoms with van der Waals surface area (Å²) in [7, 11) is 0. The third-order valence-corrected chi connectivity index (χ3v) is 3.76. The zero-order valence-electron chi connectivity index (χ0n) is 12.8. The first-order chi connectivity index (χ1) is 12.4. The zero-order chi connectivity index (χ0) is 18.7. The van der Waals surface area contributed by atoms with Gasteiger partial charge in [-0.2, -0.15) is 0 Å². The van der Waals surface area contributed by atoms with E-state index < -0.39 is 4.92 Å². The molecule has 0 saturated carbocycles. The van der Waals surface area contributed by atoms with Gasteiger partial charge >= 0.3 is 5.69 Å². The topological polar surface area (TPSA) is 106 Å². The highest BCUT2D eigenvalue weighted by molar-refractivity contribution is 6.35. The van der Waals surface area contributed by atoms with E-state index in [-0.39, 0.29) is 17.3 Å². The minimum Gasteiger partial charge on any atom is -0.334 e.